The van der Waals surface area contributed by atoms with Gasteiger partial charge in [0.05, 0.1) is 61.2 Å². The summed E-state index contributed by atoms with van der Waals surface area (Å²) in [6.07, 6.45) is 4.94. The van der Waals surface area contributed by atoms with Crippen molar-refractivity contribution in [2.45, 2.75) is 70.4 Å². The zero-order chi connectivity index (χ0) is 38.5. The van der Waals surface area contributed by atoms with Crippen molar-refractivity contribution in [1.82, 2.24) is 0 Å². The molecule has 3 aliphatic carbocycles. The molecule has 13 nitrogen and oxygen atoms in total. The molecule has 0 spiro atoms. The summed E-state index contributed by atoms with van der Waals surface area (Å²) in [4.78, 5) is 67.3. The number of phenolic OH excluding ortho intramolecular Hbond substituents is 1. The van der Waals surface area contributed by atoms with Gasteiger partial charge in [0, 0.05) is 62.3 Å². The summed E-state index contributed by atoms with van der Waals surface area (Å²) in [6, 6.07) is 1.44. The lowest BCUT2D eigenvalue weighted by Gasteiger charge is -2.29. The predicted octanol–water partition coefficient (Wildman–Crippen LogP) is 6.05. The number of methoxy groups -OCH3 is 3. The maximum absolute atomic E-state index is 14.5. The van der Waals surface area contributed by atoms with Crippen LogP contribution in [0, 0.1) is 11.8 Å². The number of aliphatic carboxylic acids is 2. The van der Waals surface area contributed by atoms with Crippen molar-refractivity contribution >= 4 is 78.3 Å². The summed E-state index contributed by atoms with van der Waals surface area (Å²) in [6.45, 7) is 3.22. The van der Waals surface area contributed by atoms with Crippen molar-refractivity contribution < 1.29 is 43.9 Å². The van der Waals surface area contributed by atoms with Crippen molar-refractivity contribution in [3.05, 3.63) is 49.3 Å². The minimum atomic E-state index is -0.981. The van der Waals surface area contributed by atoms with Gasteiger partial charge in [-0.2, -0.15) is 0 Å². The van der Waals surface area contributed by atoms with Gasteiger partial charge in [-0.25, -0.2) is 0 Å². The van der Waals surface area contributed by atoms with Crippen LogP contribution in [0.15, 0.2) is 27.3 Å². The average molecular weight is 737 g/mol. The molecule has 0 aromatic heterocycles. The maximum atomic E-state index is 14.5. The van der Waals surface area contributed by atoms with Crippen LogP contribution in [-0.4, -0.2) is 66.5 Å². The SMILES string of the molecule is COc1c(NC2CCCC2C(=O)O)c2c(=O)cc(OC)c3c4c(OC)cc(=O)c5c(O)c(NC6CCCC6C(=O)O)c6c(c(c1C(C(C)=O)C(C)=C6)c23)c54. The number of Topliss-reactive ketones (excluding diaryl/α,β-unsaturated/α-hetero) is 1. The van der Waals surface area contributed by atoms with Gasteiger partial charge < -0.3 is 40.2 Å². The van der Waals surface area contributed by atoms with Gasteiger partial charge in [0.25, 0.3) is 0 Å². The lowest BCUT2D eigenvalue weighted by molar-refractivity contribution is -0.142. The van der Waals surface area contributed by atoms with Gasteiger partial charge in [0.1, 0.15) is 23.0 Å². The van der Waals surface area contributed by atoms with Crippen molar-refractivity contribution in [2.75, 3.05) is 32.0 Å². The van der Waals surface area contributed by atoms with E-state index in [2.05, 4.69) is 10.6 Å². The Labute approximate surface area is 308 Å². The first-order chi connectivity index (χ1) is 25.8. The molecular formula is C41H40N2O11. The molecule has 5 N–H and O–H groups in total. The lowest BCUT2D eigenvalue weighted by atomic mass is 9.80. The average Bonchev–Trinajstić information content (AvgIpc) is 3.77. The normalized spacial score (nSPS) is 22.2. The van der Waals surface area contributed by atoms with Crippen LogP contribution in [0.5, 0.6) is 23.0 Å². The molecule has 280 valence electrons. The quantitative estimate of drug-likeness (QED) is 0.0632. The number of nitrogens with one attached hydrogen (secondary N) is 2. The van der Waals surface area contributed by atoms with Crippen molar-refractivity contribution in [2.24, 2.45) is 11.8 Å². The molecule has 0 saturated heterocycles. The second-order valence-electron chi connectivity index (χ2n) is 14.8. The molecule has 0 heterocycles. The molecule has 54 heavy (non-hydrogen) atoms. The van der Waals surface area contributed by atoms with Gasteiger partial charge >= 0.3 is 11.9 Å². The summed E-state index contributed by atoms with van der Waals surface area (Å²) in [5.74, 6) is -4.56. The topological polar surface area (TPSA) is 198 Å². The fourth-order valence-electron chi connectivity index (χ4n) is 9.80. The van der Waals surface area contributed by atoms with E-state index in [4.69, 9.17) is 14.2 Å². The molecule has 5 aromatic rings. The third-order valence-electron chi connectivity index (χ3n) is 12.0. The summed E-state index contributed by atoms with van der Waals surface area (Å²) in [5, 5.41) is 41.6. The zero-order valence-corrected chi connectivity index (χ0v) is 30.5. The van der Waals surface area contributed by atoms with Crippen LogP contribution in [0.1, 0.15) is 69.4 Å². The second kappa shape index (κ2) is 12.6. The fourth-order valence-corrected chi connectivity index (χ4v) is 9.80. The number of ketones is 1. The number of phenols is 1. The van der Waals surface area contributed by atoms with E-state index in [0.717, 1.165) is 0 Å². The number of ether oxygens (including phenoxy) is 3. The third-order valence-corrected chi connectivity index (χ3v) is 12.0. The first-order valence-electron chi connectivity index (χ1n) is 18.1. The Morgan fingerprint density at radius 2 is 1.20 bits per heavy atom. The smallest absolute Gasteiger partial charge is 0.308 e. The summed E-state index contributed by atoms with van der Waals surface area (Å²) >= 11 is 0. The van der Waals surface area contributed by atoms with Gasteiger partial charge in [0.15, 0.2) is 16.6 Å². The number of fused-ring (bicyclic) bond motifs is 1. The van der Waals surface area contributed by atoms with E-state index in [-0.39, 0.29) is 50.9 Å². The molecule has 2 saturated carbocycles. The Hall–Kier alpha value is -5.85. The number of hydrogen-bond donors (Lipinski definition) is 5. The third kappa shape index (κ3) is 4.79. The fraction of sp³-hybridized carbons (Fsp3) is 0.390. The van der Waals surface area contributed by atoms with Crippen LogP contribution in [0.4, 0.5) is 11.4 Å². The number of benzene rings is 5. The van der Waals surface area contributed by atoms with E-state index < -0.39 is 52.6 Å². The number of aromatic hydroxyl groups is 1. The number of carbonyl (C=O) groups is 3. The van der Waals surface area contributed by atoms with Gasteiger partial charge in [-0.3, -0.25) is 24.0 Å². The van der Waals surface area contributed by atoms with Crippen molar-refractivity contribution in [3.63, 3.8) is 0 Å². The monoisotopic (exact) mass is 736 g/mol. The van der Waals surface area contributed by atoms with Gasteiger partial charge in [-0.05, 0) is 44.9 Å². The number of hydrogen-bond acceptors (Lipinski definition) is 11. The largest absolute Gasteiger partial charge is 0.505 e. The van der Waals surface area contributed by atoms with Crippen LogP contribution in [0.3, 0.4) is 0 Å². The highest BCUT2D eigenvalue weighted by Gasteiger charge is 2.41. The van der Waals surface area contributed by atoms with E-state index in [0.29, 0.717) is 87.5 Å². The van der Waals surface area contributed by atoms with E-state index in [1.165, 1.54) is 40.4 Å². The van der Waals surface area contributed by atoms with Crippen molar-refractivity contribution in [1.29, 1.82) is 0 Å². The molecule has 0 radical (unpaired) electrons. The van der Waals surface area contributed by atoms with E-state index in [1.807, 2.05) is 0 Å². The molecule has 2 fully saturated rings. The van der Waals surface area contributed by atoms with Crippen LogP contribution < -0.4 is 35.7 Å². The molecule has 0 bridgehead atoms. The highest BCUT2D eigenvalue weighted by Crippen LogP contribution is 2.58. The number of carboxylic acid groups (broad SMARTS) is 2. The Bertz CT molecular complexity index is 2620. The number of anilines is 2. The number of allylic oxidation sites excluding steroid dienone is 1. The van der Waals surface area contributed by atoms with Crippen LogP contribution in [0.25, 0.3) is 49.2 Å². The van der Waals surface area contributed by atoms with Crippen LogP contribution in [0.2, 0.25) is 0 Å². The van der Waals surface area contributed by atoms with Crippen LogP contribution >= 0.6 is 0 Å². The molecule has 5 unspecified atom stereocenters. The van der Waals surface area contributed by atoms with E-state index >= 15 is 0 Å². The van der Waals surface area contributed by atoms with Gasteiger partial charge in [-0.1, -0.05) is 24.5 Å². The first kappa shape index (κ1) is 35.2. The van der Waals surface area contributed by atoms with Crippen molar-refractivity contribution in [3.8, 4) is 23.0 Å². The minimum absolute atomic E-state index is 0.0568. The summed E-state index contributed by atoms with van der Waals surface area (Å²) in [7, 11) is 4.25. The molecular weight excluding hydrogens is 696 g/mol. The Morgan fingerprint density at radius 3 is 1.70 bits per heavy atom. The lowest BCUT2D eigenvalue weighted by Crippen LogP contribution is -2.30. The zero-order valence-electron chi connectivity index (χ0n) is 30.5. The van der Waals surface area contributed by atoms with Gasteiger partial charge in [0.2, 0.25) is 0 Å². The highest BCUT2D eigenvalue weighted by atomic mass is 16.5. The Morgan fingerprint density at radius 1 is 0.685 bits per heavy atom. The number of carboxylic acids is 2. The standard InChI is InChI=1S/C41H40N2O11/c1-15-12-19-27-32-29(38(47)36(19)42-20-10-6-8-17(20)40(48)49)23(46)14-25(53-4)30(32)31-24(52-3)13-22(45)28-34(31)33(27)35(26(15)16(2)44)39(54-5)37(28)43-21-11-7-9-18(21)41(50)51/h12-14,17-18,20-21,26,42-43,47H,6-11H2,1-5H3,(H,48,49)(H,50,51). The molecule has 8 rings (SSSR count). The van der Waals surface area contributed by atoms with E-state index in [1.54, 1.807) is 13.0 Å². The minimum Gasteiger partial charge on any atom is -0.505 e. The summed E-state index contributed by atoms with van der Waals surface area (Å²) < 4.78 is 17.9. The van der Waals surface area contributed by atoms with E-state index in [9.17, 15) is 39.3 Å². The summed E-state index contributed by atoms with van der Waals surface area (Å²) in [5.41, 5.74) is 0.715. The number of rotatable bonds is 10. The molecule has 5 aromatic carbocycles. The van der Waals surface area contributed by atoms with Gasteiger partial charge in [-0.15, -0.1) is 0 Å². The number of carbonyl (C=O) groups excluding carboxylic acids is 1. The maximum Gasteiger partial charge on any atom is 0.308 e. The first-order valence-corrected chi connectivity index (χ1v) is 18.1. The predicted molar refractivity (Wildman–Crippen MR) is 205 cm³/mol. The molecule has 13 heteroatoms. The molecule has 0 aliphatic heterocycles. The van der Waals surface area contributed by atoms with Crippen LogP contribution in [-0.2, 0) is 14.4 Å². The Balaban J connectivity index is 1.67. The molecule has 0 amide bonds. The second-order valence-corrected chi connectivity index (χ2v) is 14.8. The Kier molecular flexibility index (Phi) is 8.23. The highest BCUT2D eigenvalue weighted by molar-refractivity contribution is 6.40. The molecule has 5 atom stereocenters. The molecule has 3 aliphatic rings.